The Balaban J connectivity index is 1.67. The average molecular weight is 423 g/mol. The number of carbonyl (C=O) groups is 1. The van der Waals surface area contributed by atoms with Crippen LogP contribution in [0.1, 0.15) is 19.3 Å². The van der Waals surface area contributed by atoms with E-state index < -0.39 is 0 Å². The van der Waals surface area contributed by atoms with Gasteiger partial charge in [-0.05, 0) is 25.0 Å². The summed E-state index contributed by atoms with van der Waals surface area (Å²) in [5.74, 6) is 0.212. The maximum atomic E-state index is 11.9. The summed E-state index contributed by atoms with van der Waals surface area (Å²) < 4.78 is 2.07. The number of carbonyl (C=O) groups excluding carboxylic acids is 1. The quantitative estimate of drug-likeness (QED) is 0.427. The molecular formula is C21H21N5O3S. The molecule has 1 amide bonds. The third-order valence-corrected chi connectivity index (χ3v) is 5.87. The van der Waals surface area contributed by atoms with Crippen LogP contribution in [-0.4, -0.2) is 38.4 Å². The lowest BCUT2D eigenvalue weighted by Crippen LogP contribution is -2.27. The molecule has 8 nitrogen and oxygen atoms in total. The monoisotopic (exact) mass is 423 g/mol. The molecule has 3 heterocycles. The number of nitro benzene ring substituents is 1. The SMILES string of the molecule is O=C1CCCN1CCCn1c(-c2cccc([N+](=O)[O-])c2)csc1=Nc1cccnc1. The highest BCUT2D eigenvalue weighted by molar-refractivity contribution is 7.07. The van der Waals surface area contributed by atoms with E-state index in [1.165, 1.54) is 17.4 Å². The number of pyridine rings is 1. The normalized spacial score (nSPS) is 14.5. The second kappa shape index (κ2) is 9.00. The predicted octanol–water partition coefficient (Wildman–Crippen LogP) is 3.76. The van der Waals surface area contributed by atoms with Crippen LogP contribution in [0, 0.1) is 10.1 Å². The van der Waals surface area contributed by atoms with E-state index in [0.29, 0.717) is 19.5 Å². The molecule has 4 rings (SSSR count). The number of nitro groups is 1. The molecule has 30 heavy (non-hydrogen) atoms. The topological polar surface area (TPSA) is 93.6 Å². The third kappa shape index (κ3) is 4.46. The fourth-order valence-electron chi connectivity index (χ4n) is 3.53. The van der Waals surface area contributed by atoms with Gasteiger partial charge in [0.1, 0.15) is 0 Å². The molecule has 1 aromatic carbocycles. The van der Waals surface area contributed by atoms with Gasteiger partial charge >= 0.3 is 0 Å². The summed E-state index contributed by atoms with van der Waals surface area (Å²) in [6, 6.07) is 10.3. The van der Waals surface area contributed by atoms with Gasteiger partial charge in [0.25, 0.3) is 5.69 Å². The molecule has 1 aliphatic heterocycles. The molecule has 3 aromatic rings. The van der Waals surface area contributed by atoms with Crippen LogP contribution in [0.4, 0.5) is 11.4 Å². The fraction of sp³-hybridized carbons (Fsp3) is 0.286. The Morgan fingerprint density at radius 1 is 1.23 bits per heavy atom. The number of likely N-dealkylation sites (tertiary alicyclic amines) is 1. The van der Waals surface area contributed by atoms with Crippen molar-refractivity contribution in [1.29, 1.82) is 0 Å². The standard InChI is InChI=1S/C21H21N5O3S/c27-20-8-3-10-24(20)11-4-12-25-19(16-5-1-7-18(13-16)26(28)29)15-30-21(25)23-17-6-2-9-22-14-17/h1-2,5-7,9,13-15H,3-4,8,10-12H2. The Morgan fingerprint density at radius 3 is 2.87 bits per heavy atom. The van der Waals surface area contributed by atoms with Crippen LogP contribution in [0.25, 0.3) is 11.3 Å². The Kier molecular flexibility index (Phi) is 5.99. The molecule has 154 valence electrons. The van der Waals surface area contributed by atoms with Crippen LogP contribution in [0.5, 0.6) is 0 Å². The van der Waals surface area contributed by atoms with Crippen LogP contribution >= 0.6 is 11.3 Å². The Hall–Kier alpha value is -3.33. The molecule has 0 N–H and O–H groups in total. The van der Waals surface area contributed by atoms with Gasteiger partial charge in [-0.1, -0.05) is 12.1 Å². The summed E-state index contributed by atoms with van der Waals surface area (Å²) in [4.78, 5) is 34.2. The van der Waals surface area contributed by atoms with Crippen molar-refractivity contribution in [3.05, 3.63) is 69.1 Å². The molecule has 0 aliphatic carbocycles. The van der Waals surface area contributed by atoms with Crippen LogP contribution in [0.3, 0.4) is 0 Å². The van der Waals surface area contributed by atoms with Gasteiger partial charge in [-0.3, -0.25) is 19.9 Å². The second-order valence-electron chi connectivity index (χ2n) is 7.02. The van der Waals surface area contributed by atoms with E-state index in [-0.39, 0.29) is 16.5 Å². The van der Waals surface area contributed by atoms with Crippen molar-refractivity contribution < 1.29 is 9.72 Å². The van der Waals surface area contributed by atoms with E-state index >= 15 is 0 Å². The van der Waals surface area contributed by atoms with Crippen molar-refractivity contribution in [1.82, 2.24) is 14.5 Å². The number of amides is 1. The molecule has 0 unspecified atom stereocenters. The molecular weight excluding hydrogens is 402 g/mol. The lowest BCUT2D eigenvalue weighted by atomic mass is 10.1. The maximum Gasteiger partial charge on any atom is 0.270 e. The number of nitrogens with zero attached hydrogens (tertiary/aromatic N) is 5. The summed E-state index contributed by atoms with van der Waals surface area (Å²) >= 11 is 1.48. The Labute approximate surface area is 177 Å². The first-order valence-electron chi connectivity index (χ1n) is 9.77. The Morgan fingerprint density at radius 2 is 2.13 bits per heavy atom. The van der Waals surface area contributed by atoms with Gasteiger partial charge in [0.15, 0.2) is 4.80 Å². The molecule has 9 heteroatoms. The van der Waals surface area contributed by atoms with Crippen molar-refractivity contribution in [2.75, 3.05) is 13.1 Å². The van der Waals surface area contributed by atoms with Crippen LogP contribution in [0.15, 0.2) is 59.2 Å². The highest BCUT2D eigenvalue weighted by atomic mass is 32.1. The molecule has 0 saturated carbocycles. The summed E-state index contributed by atoms with van der Waals surface area (Å²) in [5.41, 5.74) is 2.44. The summed E-state index contributed by atoms with van der Waals surface area (Å²) in [7, 11) is 0. The van der Waals surface area contributed by atoms with Crippen LogP contribution in [0.2, 0.25) is 0 Å². The molecule has 1 aliphatic rings. The number of aromatic nitrogens is 2. The number of rotatable bonds is 7. The molecule has 0 atom stereocenters. The minimum atomic E-state index is -0.389. The minimum absolute atomic E-state index is 0.0543. The van der Waals surface area contributed by atoms with Crippen molar-refractivity contribution in [2.45, 2.75) is 25.8 Å². The molecule has 1 saturated heterocycles. The van der Waals surface area contributed by atoms with E-state index in [2.05, 4.69) is 9.55 Å². The largest absolute Gasteiger partial charge is 0.343 e. The van der Waals surface area contributed by atoms with E-state index in [1.54, 1.807) is 24.5 Å². The average Bonchev–Trinajstić information content (AvgIpc) is 3.35. The minimum Gasteiger partial charge on any atom is -0.343 e. The van der Waals surface area contributed by atoms with Crippen molar-refractivity contribution in [3.63, 3.8) is 0 Å². The maximum absolute atomic E-state index is 11.9. The van der Waals surface area contributed by atoms with E-state index in [9.17, 15) is 14.9 Å². The zero-order valence-electron chi connectivity index (χ0n) is 16.3. The third-order valence-electron chi connectivity index (χ3n) is 5.00. The van der Waals surface area contributed by atoms with Crippen molar-refractivity contribution >= 4 is 28.6 Å². The van der Waals surface area contributed by atoms with Gasteiger partial charge in [0.2, 0.25) is 5.91 Å². The first-order valence-corrected chi connectivity index (χ1v) is 10.7. The van der Waals surface area contributed by atoms with Crippen molar-refractivity contribution in [2.24, 2.45) is 4.99 Å². The summed E-state index contributed by atoms with van der Waals surface area (Å²) in [6.45, 7) is 2.17. The lowest BCUT2D eigenvalue weighted by Gasteiger charge is -2.16. The fourth-order valence-corrected chi connectivity index (χ4v) is 4.49. The molecule has 0 bridgehead atoms. The number of non-ortho nitro benzene ring substituents is 1. The number of hydrogen-bond donors (Lipinski definition) is 0. The van der Waals surface area contributed by atoms with Crippen LogP contribution in [-0.2, 0) is 11.3 Å². The van der Waals surface area contributed by atoms with E-state index in [4.69, 9.17) is 4.99 Å². The summed E-state index contributed by atoms with van der Waals surface area (Å²) in [6.07, 6.45) is 5.73. The highest BCUT2D eigenvalue weighted by Gasteiger charge is 2.19. The van der Waals surface area contributed by atoms with E-state index in [1.807, 2.05) is 28.5 Å². The molecule has 0 radical (unpaired) electrons. The number of benzene rings is 1. The number of hydrogen-bond acceptors (Lipinski definition) is 6. The van der Waals surface area contributed by atoms with Gasteiger partial charge in [-0.25, -0.2) is 4.99 Å². The number of thiazole rings is 1. The molecule has 1 fully saturated rings. The smallest absolute Gasteiger partial charge is 0.270 e. The van der Waals surface area contributed by atoms with Gasteiger partial charge in [0.05, 0.1) is 22.5 Å². The zero-order valence-corrected chi connectivity index (χ0v) is 17.1. The first-order chi connectivity index (χ1) is 14.6. The zero-order chi connectivity index (χ0) is 20.9. The van der Waals surface area contributed by atoms with Gasteiger partial charge in [-0.2, -0.15) is 0 Å². The van der Waals surface area contributed by atoms with Gasteiger partial charge in [-0.15, -0.1) is 11.3 Å². The van der Waals surface area contributed by atoms with Crippen molar-refractivity contribution in [3.8, 4) is 11.3 Å². The van der Waals surface area contributed by atoms with Gasteiger partial charge in [0, 0.05) is 55.3 Å². The van der Waals surface area contributed by atoms with Gasteiger partial charge < -0.3 is 9.47 Å². The summed E-state index contributed by atoms with van der Waals surface area (Å²) in [5, 5.41) is 13.2. The first kappa shape index (κ1) is 20.0. The predicted molar refractivity (Wildman–Crippen MR) is 114 cm³/mol. The van der Waals surface area contributed by atoms with E-state index in [0.717, 1.165) is 41.1 Å². The molecule has 0 spiro atoms. The van der Waals surface area contributed by atoms with Crippen LogP contribution < -0.4 is 4.80 Å². The second-order valence-corrected chi connectivity index (χ2v) is 7.86. The molecule has 2 aromatic heterocycles. The lowest BCUT2D eigenvalue weighted by molar-refractivity contribution is -0.384. The highest BCUT2D eigenvalue weighted by Crippen LogP contribution is 2.25. The Bertz CT molecular complexity index is 1120.